The zero-order valence-corrected chi connectivity index (χ0v) is 11.1. The van der Waals surface area contributed by atoms with E-state index in [0.29, 0.717) is 5.92 Å². The van der Waals surface area contributed by atoms with E-state index in [1.807, 2.05) is 0 Å². The van der Waals surface area contributed by atoms with Gasteiger partial charge in [-0.25, -0.2) is 0 Å². The van der Waals surface area contributed by atoms with E-state index in [9.17, 15) is 5.11 Å². The van der Waals surface area contributed by atoms with Crippen LogP contribution in [-0.2, 0) is 0 Å². The van der Waals surface area contributed by atoms with Crippen LogP contribution in [0.3, 0.4) is 0 Å². The molecule has 3 fully saturated rings. The lowest BCUT2D eigenvalue weighted by molar-refractivity contribution is 0.104. The average Bonchev–Trinajstić information content (AvgIpc) is 2.92. The molecule has 1 N–H and O–H groups in total. The van der Waals surface area contributed by atoms with Crippen LogP contribution in [0.1, 0.15) is 51.9 Å². The smallest absolute Gasteiger partial charge is 0.0583 e. The van der Waals surface area contributed by atoms with Gasteiger partial charge in [0.15, 0.2) is 0 Å². The summed E-state index contributed by atoms with van der Waals surface area (Å²) in [5, 5.41) is 9.99. The second-order valence-electron chi connectivity index (χ2n) is 6.62. The Kier molecular flexibility index (Phi) is 3.45. The van der Waals surface area contributed by atoms with Gasteiger partial charge >= 0.3 is 0 Å². The number of likely N-dealkylation sites (tertiary alicyclic amines) is 1. The number of aliphatic hydroxyl groups is 1. The zero-order chi connectivity index (χ0) is 11.8. The molecule has 1 aliphatic heterocycles. The van der Waals surface area contributed by atoms with Crippen molar-refractivity contribution in [1.82, 2.24) is 4.90 Å². The van der Waals surface area contributed by atoms with E-state index in [2.05, 4.69) is 11.8 Å². The molecule has 2 heteroatoms. The molecular weight excluding hydrogens is 210 g/mol. The van der Waals surface area contributed by atoms with Crippen molar-refractivity contribution in [3.8, 4) is 0 Å². The van der Waals surface area contributed by atoms with Crippen LogP contribution in [0.5, 0.6) is 0 Å². The Bertz CT molecular complexity index is 268. The Balaban J connectivity index is 1.59. The molecule has 5 unspecified atom stereocenters. The van der Waals surface area contributed by atoms with Crippen molar-refractivity contribution in [2.24, 2.45) is 17.8 Å². The fourth-order valence-electron chi connectivity index (χ4n) is 4.53. The van der Waals surface area contributed by atoms with Crippen molar-refractivity contribution >= 4 is 0 Å². The highest BCUT2D eigenvalue weighted by Gasteiger charge is 2.43. The van der Waals surface area contributed by atoms with E-state index in [0.717, 1.165) is 24.3 Å². The van der Waals surface area contributed by atoms with Gasteiger partial charge in [0.1, 0.15) is 0 Å². The summed E-state index contributed by atoms with van der Waals surface area (Å²) < 4.78 is 0. The third kappa shape index (κ3) is 2.26. The molecule has 0 bridgehead atoms. The maximum absolute atomic E-state index is 9.99. The lowest BCUT2D eigenvalue weighted by Crippen LogP contribution is -2.38. The van der Waals surface area contributed by atoms with Crippen LogP contribution in [0.4, 0.5) is 0 Å². The van der Waals surface area contributed by atoms with E-state index < -0.39 is 0 Å². The minimum atomic E-state index is 0.00978. The fraction of sp³-hybridized carbons (Fsp3) is 1.00. The Morgan fingerprint density at radius 1 is 1.12 bits per heavy atom. The average molecular weight is 237 g/mol. The summed E-state index contributed by atoms with van der Waals surface area (Å²) in [6.07, 6.45) is 9.42. The third-order valence-electron chi connectivity index (χ3n) is 5.70. The standard InChI is InChI=1S/C15H27NO/c1-2-11-4-3-5-13(8-11)16-9-12-6-7-15(17)14(12)10-16/h11-15,17H,2-10H2,1H3. The van der Waals surface area contributed by atoms with Gasteiger partial charge in [0.25, 0.3) is 0 Å². The van der Waals surface area contributed by atoms with Gasteiger partial charge in [-0.2, -0.15) is 0 Å². The molecule has 0 aromatic carbocycles. The summed E-state index contributed by atoms with van der Waals surface area (Å²) >= 11 is 0. The summed E-state index contributed by atoms with van der Waals surface area (Å²) in [6, 6.07) is 0.839. The number of hydrogen-bond acceptors (Lipinski definition) is 2. The van der Waals surface area contributed by atoms with Gasteiger partial charge < -0.3 is 5.11 Å². The van der Waals surface area contributed by atoms with E-state index >= 15 is 0 Å². The molecule has 2 aliphatic carbocycles. The molecule has 1 saturated heterocycles. The number of fused-ring (bicyclic) bond motifs is 1. The lowest BCUT2D eigenvalue weighted by Gasteiger charge is -2.35. The normalized spacial score (nSPS) is 47.3. The van der Waals surface area contributed by atoms with Crippen molar-refractivity contribution < 1.29 is 5.11 Å². The molecule has 0 aromatic rings. The van der Waals surface area contributed by atoms with Crippen LogP contribution in [0.2, 0.25) is 0 Å². The van der Waals surface area contributed by atoms with Crippen LogP contribution in [0.25, 0.3) is 0 Å². The summed E-state index contributed by atoms with van der Waals surface area (Å²) in [6.45, 7) is 4.81. The minimum Gasteiger partial charge on any atom is -0.393 e. The topological polar surface area (TPSA) is 23.5 Å². The molecule has 5 atom stereocenters. The number of hydrogen-bond donors (Lipinski definition) is 1. The second kappa shape index (κ2) is 4.89. The van der Waals surface area contributed by atoms with Gasteiger partial charge in [0.05, 0.1) is 6.10 Å². The molecule has 0 radical (unpaired) electrons. The zero-order valence-electron chi connectivity index (χ0n) is 11.1. The largest absolute Gasteiger partial charge is 0.393 e. The summed E-state index contributed by atoms with van der Waals surface area (Å²) in [5.74, 6) is 2.39. The highest BCUT2D eigenvalue weighted by molar-refractivity contribution is 4.96. The Morgan fingerprint density at radius 3 is 2.76 bits per heavy atom. The van der Waals surface area contributed by atoms with Gasteiger partial charge in [-0.1, -0.05) is 26.2 Å². The van der Waals surface area contributed by atoms with E-state index in [1.54, 1.807) is 0 Å². The highest BCUT2D eigenvalue weighted by Crippen LogP contribution is 2.41. The molecule has 17 heavy (non-hydrogen) atoms. The van der Waals surface area contributed by atoms with Crippen LogP contribution in [0, 0.1) is 17.8 Å². The monoisotopic (exact) mass is 237 g/mol. The fourth-order valence-corrected chi connectivity index (χ4v) is 4.53. The quantitative estimate of drug-likeness (QED) is 0.798. The maximum atomic E-state index is 9.99. The predicted molar refractivity (Wildman–Crippen MR) is 69.8 cm³/mol. The molecule has 98 valence electrons. The Labute approximate surface area is 105 Å². The van der Waals surface area contributed by atoms with Gasteiger partial charge in [-0.05, 0) is 37.5 Å². The molecule has 0 aromatic heterocycles. The Hall–Kier alpha value is -0.0800. The molecule has 1 heterocycles. The van der Waals surface area contributed by atoms with Crippen molar-refractivity contribution in [2.75, 3.05) is 13.1 Å². The van der Waals surface area contributed by atoms with Gasteiger partial charge in [0, 0.05) is 25.0 Å². The molecule has 2 saturated carbocycles. The molecule has 2 nitrogen and oxygen atoms in total. The Morgan fingerprint density at radius 2 is 2.00 bits per heavy atom. The first kappa shape index (κ1) is 12.0. The second-order valence-corrected chi connectivity index (χ2v) is 6.62. The first-order chi connectivity index (χ1) is 8.28. The molecule has 0 amide bonds. The summed E-state index contributed by atoms with van der Waals surface area (Å²) in [4.78, 5) is 2.72. The molecule has 3 rings (SSSR count). The van der Waals surface area contributed by atoms with Crippen molar-refractivity contribution in [2.45, 2.75) is 64.0 Å². The van der Waals surface area contributed by atoms with E-state index in [1.165, 1.54) is 51.6 Å². The van der Waals surface area contributed by atoms with E-state index in [-0.39, 0.29) is 6.10 Å². The van der Waals surface area contributed by atoms with Crippen LogP contribution < -0.4 is 0 Å². The van der Waals surface area contributed by atoms with Gasteiger partial charge in [-0.15, -0.1) is 0 Å². The van der Waals surface area contributed by atoms with Gasteiger partial charge in [-0.3, -0.25) is 4.90 Å². The number of nitrogens with zero attached hydrogens (tertiary/aromatic N) is 1. The van der Waals surface area contributed by atoms with Crippen LogP contribution >= 0.6 is 0 Å². The molecule has 3 aliphatic rings. The van der Waals surface area contributed by atoms with Crippen LogP contribution in [-0.4, -0.2) is 35.2 Å². The van der Waals surface area contributed by atoms with Crippen molar-refractivity contribution in [3.05, 3.63) is 0 Å². The van der Waals surface area contributed by atoms with Gasteiger partial charge in [0.2, 0.25) is 0 Å². The lowest BCUT2D eigenvalue weighted by atomic mass is 9.83. The number of rotatable bonds is 2. The third-order valence-corrected chi connectivity index (χ3v) is 5.70. The molecular formula is C15H27NO. The first-order valence-electron chi connectivity index (χ1n) is 7.70. The highest BCUT2D eigenvalue weighted by atomic mass is 16.3. The summed E-state index contributed by atoms with van der Waals surface area (Å²) in [5.41, 5.74) is 0. The van der Waals surface area contributed by atoms with Crippen LogP contribution in [0.15, 0.2) is 0 Å². The summed E-state index contributed by atoms with van der Waals surface area (Å²) in [7, 11) is 0. The van der Waals surface area contributed by atoms with E-state index in [4.69, 9.17) is 0 Å². The first-order valence-corrected chi connectivity index (χ1v) is 7.70. The SMILES string of the molecule is CCC1CCCC(N2CC3CCC(O)C3C2)C1. The van der Waals surface area contributed by atoms with Crippen molar-refractivity contribution in [1.29, 1.82) is 0 Å². The predicted octanol–water partition coefficient (Wildman–Crippen LogP) is 2.66. The van der Waals surface area contributed by atoms with Crippen molar-refractivity contribution in [3.63, 3.8) is 0 Å². The minimum absolute atomic E-state index is 0.00978. The molecule has 0 spiro atoms. The number of aliphatic hydroxyl groups excluding tert-OH is 1. The maximum Gasteiger partial charge on any atom is 0.0583 e.